The van der Waals surface area contributed by atoms with Crippen molar-refractivity contribution in [2.45, 2.75) is 20.8 Å². The average molecular weight is 508 g/mol. The first-order valence-corrected chi connectivity index (χ1v) is 12.1. The summed E-state index contributed by atoms with van der Waals surface area (Å²) in [6.07, 6.45) is 1.77. The second-order valence-electron chi connectivity index (χ2n) is 7.98. The number of nitrogens with one attached hydrogen (secondary N) is 1. The maximum absolute atomic E-state index is 13.1. The number of thiocarbonyl (C=S) groups is 1. The van der Waals surface area contributed by atoms with Gasteiger partial charge >= 0.3 is 0 Å². The summed E-state index contributed by atoms with van der Waals surface area (Å²) in [4.78, 5) is 26.0. The Labute approximate surface area is 213 Å². The smallest absolute Gasteiger partial charge is 0.285 e. The fourth-order valence-electron chi connectivity index (χ4n) is 3.70. The molecule has 0 atom stereocenters. The van der Waals surface area contributed by atoms with Gasteiger partial charge in [-0.3, -0.25) is 14.3 Å². The zero-order valence-electron chi connectivity index (χ0n) is 19.8. The van der Waals surface area contributed by atoms with Crippen LogP contribution in [-0.4, -0.2) is 34.5 Å². The average Bonchev–Trinajstić information content (AvgIpc) is 3.30. The molecule has 2 amide bonds. The summed E-state index contributed by atoms with van der Waals surface area (Å²) in [5, 5.41) is 4.35. The number of thioether (sulfide) groups is 1. The first kappa shape index (κ1) is 24.6. The van der Waals surface area contributed by atoms with Crippen molar-refractivity contribution < 1.29 is 19.1 Å². The minimum Gasteiger partial charge on any atom is -0.493 e. The Morgan fingerprint density at radius 2 is 1.77 bits per heavy atom. The highest BCUT2D eigenvalue weighted by atomic mass is 32.2. The van der Waals surface area contributed by atoms with Gasteiger partial charge in [-0.25, -0.2) is 0 Å². The number of carbonyl (C=O) groups is 2. The van der Waals surface area contributed by atoms with Gasteiger partial charge in [0.05, 0.1) is 12.0 Å². The largest absolute Gasteiger partial charge is 0.493 e. The molecule has 9 heteroatoms. The van der Waals surface area contributed by atoms with E-state index in [1.807, 2.05) is 61.8 Å². The van der Waals surface area contributed by atoms with Gasteiger partial charge in [0.1, 0.15) is 0 Å². The fourth-order valence-corrected chi connectivity index (χ4v) is 4.94. The molecule has 0 unspecified atom stereocenters. The van der Waals surface area contributed by atoms with E-state index in [9.17, 15) is 9.59 Å². The van der Waals surface area contributed by atoms with Crippen LogP contribution in [0.5, 0.6) is 11.5 Å². The minimum atomic E-state index is -0.273. The number of hydrogen-bond donors (Lipinski definition) is 1. The third-order valence-corrected chi connectivity index (χ3v) is 6.75. The Morgan fingerprint density at radius 1 is 1.06 bits per heavy atom. The Bertz CT molecular complexity index is 1330. The summed E-state index contributed by atoms with van der Waals surface area (Å²) < 4.78 is 13.4. The molecule has 1 aliphatic rings. The van der Waals surface area contributed by atoms with Crippen LogP contribution in [0.25, 0.3) is 6.08 Å². The van der Waals surface area contributed by atoms with Gasteiger partial charge in [-0.05, 0) is 80.5 Å². The van der Waals surface area contributed by atoms with E-state index in [0.29, 0.717) is 20.7 Å². The molecule has 7 nitrogen and oxygen atoms in total. The Morgan fingerprint density at radius 3 is 2.46 bits per heavy atom. The van der Waals surface area contributed by atoms with Crippen molar-refractivity contribution in [3.05, 3.63) is 82.0 Å². The van der Waals surface area contributed by atoms with Gasteiger partial charge in [-0.2, -0.15) is 5.01 Å². The molecular formula is C26H25N3O4S2. The van der Waals surface area contributed by atoms with Crippen molar-refractivity contribution >= 4 is 51.9 Å². The van der Waals surface area contributed by atoms with Gasteiger partial charge in [0.25, 0.3) is 11.8 Å². The molecular weight excluding hydrogens is 482 g/mol. The lowest BCUT2D eigenvalue weighted by Crippen LogP contribution is -2.39. The number of aromatic nitrogens is 1. The Balaban J connectivity index is 1.47. The molecule has 1 aromatic heterocycles. The zero-order valence-corrected chi connectivity index (χ0v) is 21.5. The number of para-hydroxylation sites is 1. The van der Waals surface area contributed by atoms with E-state index in [2.05, 4.69) is 5.32 Å². The standard InChI is InChI=1S/C26H25N3O4S2/c1-16-7-5-6-8-20(16)27-24(30)15-33-21-12-11-19(13-22(21)32-4)14-23-25(31)29(26(34)35-23)28-17(2)9-10-18(28)3/h5-14H,15H2,1-4H3,(H,27,30)/b23-14-. The lowest BCUT2D eigenvalue weighted by Gasteiger charge is -2.20. The summed E-state index contributed by atoms with van der Waals surface area (Å²) in [7, 11) is 1.52. The second kappa shape index (κ2) is 10.4. The third-order valence-electron chi connectivity index (χ3n) is 5.47. The van der Waals surface area contributed by atoms with Crippen molar-refractivity contribution in [2.24, 2.45) is 0 Å². The van der Waals surface area contributed by atoms with Crippen LogP contribution in [0.2, 0.25) is 0 Å². The van der Waals surface area contributed by atoms with Gasteiger partial charge in [0, 0.05) is 17.1 Å². The number of benzene rings is 2. The van der Waals surface area contributed by atoms with Crippen LogP contribution in [0, 0.1) is 20.8 Å². The number of aryl methyl sites for hydroxylation is 3. The van der Waals surface area contributed by atoms with Crippen LogP contribution in [0.3, 0.4) is 0 Å². The molecule has 35 heavy (non-hydrogen) atoms. The number of amides is 2. The van der Waals surface area contributed by atoms with Gasteiger partial charge in [-0.15, -0.1) is 0 Å². The summed E-state index contributed by atoms with van der Waals surface area (Å²) in [6.45, 7) is 5.62. The molecule has 0 saturated carbocycles. The lowest BCUT2D eigenvalue weighted by atomic mass is 10.2. The van der Waals surface area contributed by atoms with Gasteiger partial charge < -0.3 is 14.8 Å². The minimum absolute atomic E-state index is 0.168. The summed E-state index contributed by atoms with van der Waals surface area (Å²) >= 11 is 6.73. The van der Waals surface area contributed by atoms with Crippen molar-refractivity contribution in [3.8, 4) is 11.5 Å². The highest BCUT2D eigenvalue weighted by molar-refractivity contribution is 8.27. The van der Waals surface area contributed by atoms with E-state index in [4.69, 9.17) is 21.7 Å². The maximum atomic E-state index is 13.1. The zero-order chi connectivity index (χ0) is 25.1. The van der Waals surface area contributed by atoms with Crippen LogP contribution in [0.1, 0.15) is 22.5 Å². The number of ether oxygens (including phenoxy) is 2. The molecule has 0 spiro atoms. The maximum Gasteiger partial charge on any atom is 0.285 e. The molecule has 4 rings (SSSR count). The van der Waals surface area contributed by atoms with Crippen LogP contribution in [0.15, 0.2) is 59.5 Å². The number of nitrogens with zero attached hydrogens (tertiary/aromatic N) is 2. The van der Waals surface area contributed by atoms with Gasteiger partial charge in [-0.1, -0.05) is 36.0 Å². The molecule has 1 saturated heterocycles. The quantitative estimate of drug-likeness (QED) is 0.359. The second-order valence-corrected chi connectivity index (χ2v) is 9.66. The first-order chi connectivity index (χ1) is 16.8. The molecule has 1 aliphatic heterocycles. The van der Waals surface area contributed by atoms with Crippen molar-refractivity contribution in [1.29, 1.82) is 0 Å². The summed E-state index contributed by atoms with van der Waals surface area (Å²) in [5.74, 6) is 0.421. The van der Waals surface area contributed by atoms with E-state index in [1.54, 1.807) is 24.3 Å². The number of methoxy groups -OCH3 is 1. The highest BCUT2D eigenvalue weighted by Gasteiger charge is 2.34. The predicted octanol–water partition coefficient (Wildman–Crippen LogP) is 4.98. The normalized spacial score (nSPS) is 14.5. The molecule has 1 fully saturated rings. The highest BCUT2D eigenvalue weighted by Crippen LogP contribution is 2.35. The van der Waals surface area contributed by atoms with E-state index >= 15 is 0 Å². The van der Waals surface area contributed by atoms with Gasteiger partial charge in [0.15, 0.2) is 22.4 Å². The third kappa shape index (κ3) is 5.26. The van der Waals surface area contributed by atoms with Crippen LogP contribution in [-0.2, 0) is 9.59 Å². The summed E-state index contributed by atoms with van der Waals surface area (Å²) in [6, 6.07) is 16.7. The van der Waals surface area contributed by atoms with Gasteiger partial charge in [0.2, 0.25) is 0 Å². The predicted molar refractivity (Wildman–Crippen MR) is 144 cm³/mol. The van der Waals surface area contributed by atoms with E-state index < -0.39 is 0 Å². The Kier molecular flexibility index (Phi) is 7.28. The number of carbonyl (C=O) groups excluding carboxylic acids is 2. The topological polar surface area (TPSA) is 72.8 Å². The molecule has 0 bridgehead atoms. The summed E-state index contributed by atoms with van der Waals surface area (Å²) in [5.41, 5.74) is 4.31. The van der Waals surface area contributed by atoms with Crippen molar-refractivity contribution in [3.63, 3.8) is 0 Å². The number of rotatable bonds is 7. The van der Waals surface area contributed by atoms with Crippen LogP contribution >= 0.6 is 24.0 Å². The monoisotopic (exact) mass is 507 g/mol. The molecule has 0 aliphatic carbocycles. The molecule has 3 aromatic rings. The first-order valence-electron chi connectivity index (χ1n) is 10.9. The van der Waals surface area contributed by atoms with E-state index in [1.165, 1.54) is 23.9 Å². The molecule has 1 N–H and O–H groups in total. The van der Waals surface area contributed by atoms with Crippen LogP contribution in [0.4, 0.5) is 5.69 Å². The van der Waals surface area contributed by atoms with Crippen molar-refractivity contribution in [2.75, 3.05) is 24.0 Å². The molecule has 2 aromatic carbocycles. The Hall–Kier alpha value is -3.56. The lowest BCUT2D eigenvalue weighted by molar-refractivity contribution is -0.118. The number of hydrogen-bond acceptors (Lipinski definition) is 6. The van der Waals surface area contributed by atoms with E-state index in [-0.39, 0.29) is 18.4 Å². The van der Waals surface area contributed by atoms with Crippen LogP contribution < -0.4 is 19.8 Å². The SMILES string of the molecule is COc1cc(/C=C2\SC(=S)N(n3c(C)ccc3C)C2=O)ccc1OCC(=O)Nc1ccccc1C. The van der Waals surface area contributed by atoms with E-state index in [0.717, 1.165) is 28.2 Å². The molecule has 180 valence electrons. The molecule has 2 heterocycles. The fraction of sp³-hybridized carbons (Fsp3) is 0.192. The molecule has 0 radical (unpaired) electrons. The van der Waals surface area contributed by atoms with Crippen molar-refractivity contribution in [1.82, 2.24) is 4.68 Å². The number of anilines is 1.